The molecule has 1 unspecified atom stereocenters. The van der Waals surface area contributed by atoms with Gasteiger partial charge in [0, 0.05) is 12.1 Å². The molecule has 0 spiro atoms. The van der Waals surface area contributed by atoms with E-state index < -0.39 is 5.97 Å². The van der Waals surface area contributed by atoms with E-state index in [1.165, 1.54) is 23.3 Å². The maximum atomic E-state index is 13.9. The number of carboxylic acid groups (broad SMARTS) is 1. The number of fused-ring (bicyclic) bond motifs is 1. The van der Waals surface area contributed by atoms with E-state index in [4.69, 9.17) is 22.4 Å². The molecule has 3 nitrogen and oxygen atoms in total. The number of aryl methyl sites for hydroxylation is 1. The molecule has 1 aliphatic rings. The van der Waals surface area contributed by atoms with Gasteiger partial charge in [-0.3, -0.25) is 0 Å². The lowest BCUT2D eigenvalue weighted by Crippen LogP contribution is -2.24. The van der Waals surface area contributed by atoms with Crippen LogP contribution in [-0.4, -0.2) is 17.1 Å². The molecule has 0 aromatic heterocycles. The molecule has 0 saturated heterocycles. The van der Waals surface area contributed by atoms with Gasteiger partial charge in [0.05, 0.1) is 5.02 Å². The van der Waals surface area contributed by atoms with Gasteiger partial charge in [-0.2, -0.15) is 0 Å². The van der Waals surface area contributed by atoms with Crippen LogP contribution in [0.25, 0.3) is 22.8 Å². The van der Waals surface area contributed by atoms with Gasteiger partial charge < -0.3 is 10.8 Å². The number of allylic oxidation sites excluding steroid dienone is 2. The van der Waals surface area contributed by atoms with Gasteiger partial charge >= 0.3 is 5.97 Å². The Balaban J connectivity index is 2.02. The van der Waals surface area contributed by atoms with Crippen molar-refractivity contribution in [3.63, 3.8) is 0 Å². The van der Waals surface area contributed by atoms with Crippen molar-refractivity contribution >= 4 is 40.4 Å². The lowest BCUT2D eigenvalue weighted by atomic mass is 9.82. The fraction of sp³-hybridized carbons (Fsp3) is 0.194. The van der Waals surface area contributed by atoms with Crippen molar-refractivity contribution in [3.05, 3.63) is 117 Å². The van der Waals surface area contributed by atoms with Gasteiger partial charge in [-0.15, -0.1) is 0 Å². The number of hydrogen-bond donors (Lipinski definition) is 2. The van der Waals surface area contributed by atoms with Crippen LogP contribution in [0.3, 0.4) is 0 Å². The SMILES string of the molecule is CC/C(=C(\C1=C(C)c2ccccc2CCC1N)c1ccc(/C=C/C(=O)O)cc1)c1ccc(F)cc1Cl. The number of benzene rings is 3. The molecule has 4 rings (SSSR count). The summed E-state index contributed by atoms with van der Waals surface area (Å²) in [6.45, 7) is 4.17. The second-order valence-electron chi connectivity index (χ2n) is 8.97. The van der Waals surface area contributed by atoms with Crippen molar-refractivity contribution in [1.29, 1.82) is 0 Å². The van der Waals surface area contributed by atoms with Gasteiger partial charge in [0.15, 0.2) is 0 Å². The number of carbonyl (C=O) groups is 1. The molecule has 0 saturated carbocycles. The maximum absolute atomic E-state index is 13.9. The van der Waals surface area contributed by atoms with Crippen LogP contribution in [0, 0.1) is 5.82 Å². The van der Waals surface area contributed by atoms with Gasteiger partial charge in [-0.1, -0.05) is 73.1 Å². The average molecular weight is 502 g/mol. The summed E-state index contributed by atoms with van der Waals surface area (Å²) in [7, 11) is 0. The third kappa shape index (κ3) is 5.35. The van der Waals surface area contributed by atoms with Crippen molar-refractivity contribution in [1.82, 2.24) is 0 Å². The largest absolute Gasteiger partial charge is 0.478 e. The summed E-state index contributed by atoms with van der Waals surface area (Å²) >= 11 is 6.57. The summed E-state index contributed by atoms with van der Waals surface area (Å²) in [4.78, 5) is 10.9. The van der Waals surface area contributed by atoms with Crippen LogP contribution >= 0.6 is 11.6 Å². The Morgan fingerprint density at radius 1 is 1.14 bits per heavy atom. The highest BCUT2D eigenvalue weighted by Gasteiger charge is 2.26. The molecule has 3 aromatic carbocycles. The maximum Gasteiger partial charge on any atom is 0.328 e. The van der Waals surface area contributed by atoms with Gasteiger partial charge in [0.25, 0.3) is 0 Å². The Morgan fingerprint density at radius 2 is 1.86 bits per heavy atom. The summed E-state index contributed by atoms with van der Waals surface area (Å²) < 4.78 is 13.9. The third-order valence-electron chi connectivity index (χ3n) is 6.72. The quantitative estimate of drug-likeness (QED) is 0.269. The second-order valence-corrected chi connectivity index (χ2v) is 9.37. The van der Waals surface area contributed by atoms with Gasteiger partial charge in [-0.25, -0.2) is 9.18 Å². The minimum atomic E-state index is -0.997. The van der Waals surface area contributed by atoms with E-state index in [0.29, 0.717) is 11.4 Å². The molecule has 1 atom stereocenters. The van der Waals surface area contributed by atoms with E-state index in [2.05, 4.69) is 32.0 Å². The van der Waals surface area contributed by atoms with E-state index in [1.54, 1.807) is 12.1 Å². The van der Waals surface area contributed by atoms with Crippen LogP contribution < -0.4 is 5.73 Å². The molecule has 1 aliphatic carbocycles. The molecule has 0 amide bonds. The molecule has 0 heterocycles. The van der Waals surface area contributed by atoms with Crippen LogP contribution in [0.4, 0.5) is 4.39 Å². The highest BCUT2D eigenvalue weighted by atomic mass is 35.5. The zero-order chi connectivity index (χ0) is 25.8. The molecule has 184 valence electrons. The van der Waals surface area contributed by atoms with E-state index in [0.717, 1.165) is 57.9 Å². The summed E-state index contributed by atoms with van der Waals surface area (Å²) in [5.41, 5.74) is 16.0. The number of rotatable bonds is 6. The van der Waals surface area contributed by atoms with Crippen LogP contribution in [0.15, 0.2) is 78.4 Å². The lowest BCUT2D eigenvalue weighted by molar-refractivity contribution is -0.131. The predicted octanol–water partition coefficient (Wildman–Crippen LogP) is 7.64. The number of nitrogens with two attached hydrogens (primary N) is 1. The van der Waals surface area contributed by atoms with Crippen molar-refractivity contribution in [2.75, 3.05) is 0 Å². The molecule has 0 bridgehead atoms. The fourth-order valence-electron chi connectivity index (χ4n) is 5.01. The molecule has 3 N–H and O–H groups in total. The van der Waals surface area contributed by atoms with E-state index >= 15 is 0 Å². The molecule has 5 heteroatoms. The first-order chi connectivity index (χ1) is 17.3. The minimum Gasteiger partial charge on any atom is -0.478 e. The fourth-order valence-corrected chi connectivity index (χ4v) is 5.29. The topological polar surface area (TPSA) is 63.3 Å². The van der Waals surface area contributed by atoms with Crippen molar-refractivity contribution in [2.24, 2.45) is 5.73 Å². The highest BCUT2D eigenvalue weighted by Crippen LogP contribution is 2.43. The van der Waals surface area contributed by atoms with Gasteiger partial charge in [-0.05, 0) is 94.5 Å². The lowest BCUT2D eigenvalue weighted by Gasteiger charge is -2.25. The van der Waals surface area contributed by atoms with E-state index in [9.17, 15) is 9.18 Å². The monoisotopic (exact) mass is 501 g/mol. The Hall–Kier alpha value is -3.47. The minimum absolute atomic E-state index is 0.209. The second kappa shape index (κ2) is 11.1. The Bertz CT molecular complexity index is 1390. The summed E-state index contributed by atoms with van der Waals surface area (Å²) in [6, 6.07) is 20.4. The number of carboxylic acids is 1. The Labute approximate surface area is 216 Å². The van der Waals surface area contributed by atoms with Crippen LogP contribution in [0.5, 0.6) is 0 Å². The smallest absolute Gasteiger partial charge is 0.328 e. The molecular weight excluding hydrogens is 473 g/mol. The number of hydrogen-bond acceptors (Lipinski definition) is 2. The molecular formula is C31H29ClFNO2. The first kappa shape index (κ1) is 25.6. The number of halogens is 2. The normalized spacial score (nSPS) is 16.5. The third-order valence-corrected chi connectivity index (χ3v) is 7.03. The predicted molar refractivity (Wildman–Crippen MR) is 147 cm³/mol. The van der Waals surface area contributed by atoms with Gasteiger partial charge in [0.1, 0.15) is 5.82 Å². The van der Waals surface area contributed by atoms with Crippen molar-refractivity contribution in [3.8, 4) is 0 Å². The van der Waals surface area contributed by atoms with Crippen molar-refractivity contribution in [2.45, 2.75) is 39.2 Å². The molecule has 0 fully saturated rings. The Morgan fingerprint density at radius 3 is 2.53 bits per heavy atom. The van der Waals surface area contributed by atoms with Crippen LogP contribution in [-0.2, 0) is 11.2 Å². The van der Waals surface area contributed by atoms with Crippen LogP contribution in [0.1, 0.15) is 54.5 Å². The zero-order valence-corrected chi connectivity index (χ0v) is 21.1. The Kier molecular flexibility index (Phi) is 7.88. The van der Waals surface area contributed by atoms with Gasteiger partial charge in [0.2, 0.25) is 0 Å². The van der Waals surface area contributed by atoms with E-state index in [1.807, 2.05) is 30.3 Å². The summed E-state index contributed by atoms with van der Waals surface area (Å²) in [5.74, 6) is -1.38. The van der Waals surface area contributed by atoms with E-state index in [-0.39, 0.29) is 11.9 Å². The summed E-state index contributed by atoms with van der Waals surface area (Å²) in [5, 5.41) is 9.33. The first-order valence-corrected chi connectivity index (χ1v) is 12.4. The standard InChI is InChI=1S/C31H29ClFNO2/c1-3-24(26-15-14-23(33)18-27(26)32)31(22-11-8-20(9-12-22)10-17-29(35)36)30-19(2)25-7-5-4-6-21(25)13-16-28(30)34/h4-12,14-15,17-18,28H,3,13,16,34H2,1-2H3,(H,35,36)/b17-10+,31-24+. The summed E-state index contributed by atoms with van der Waals surface area (Å²) in [6.07, 6.45) is 5.01. The average Bonchev–Trinajstić information content (AvgIpc) is 2.98. The first-order valence-electron chi connectivity index (χ1n) is 12.0. The zero-order valence-electron chi connectivity index (χ0n) is 20.4. The molecule has 3 aromatic rings. The van der Waals surface area contributed by atoms with Crippen molar-refractivity contribution < 1.29 is 14.3 Å². The molecule has 36 heavy (non-hydrogen) atoms. The molecule has 0 radical (unpaired) electrons. The molecule has 0 aliphatic heterocycles. The highest BCUT2D eigenvalue weighted by molar-refractivity contribution is 6.32. The number of aliphatic carboxylic acids is 1. The van der Waals surface area contributed by atoms with Crippen LogP contribution in [0.2, 0.25) is 5.02 Å².